The number of aliphatic imine (C=N–C) groups is 1. The van der Waals surface area contributed by atoms with Crippen molar-refractivity contribution in [2.45, 2.75) is 57.5 Å². The Hall–Kier alpha value is -2.61. The summed E-state index contributed by atoms with van der Waals surface area (Å²) in [6.45, 7) is 2.72. The Morgan fingerprint density at radius 1 is 1.23 bits per heavy atom. The van der Waals surface area contributed by atoms with E-state index in [1.54, 1.807) is 7.11 Å². The fourth-order valence-corrected chi connectivity index (χ4v) is 4.58. The van der Waals surface area contributed by atoms with Crippen LogP contribution >= 0.6 is 0 Å². The molecule has 1 N–H and O–H groups in total. The predicted octanol–water partition coefficient (Wildman–Crippen LogP) is 2.59. The Kier molecular flexibility index (Phi) is 7.06. The third-order valence-electron chi connectivity index (χ3n) is 6.20. The summed E-state index contributed by atoms with van der Waals surface area (Å²) in [6.07, 6.45) is 7.05. The van der Waals surface area contributed by atoms with Crippen LogP contribution in [0.1, 0.15) is 50.5 Å². The summed E-state index contributed by atoms with van der Waals surface area (Å²) in [5.41, 5.74) is 1.90. The molecule has 4 rings (SSSR count). The van der Waals surface area contributed by atoms with Crippen molar-refractivity contribution in [1.29, 1.82) is 0 Å². The fraction of sp³-hybridized carbons (Fsp3) is 0.609. The summed E-state index contributed by atoms with van der Waals surface area (Å²) >= 11 is 0. The number of fused-ring (bicyclic) bond motifs is 2. The van der Waals surface area contributed by atoms with E-state index in [-0.39, 0.29) is 11.8 Å². The van der Waals surface area contributed by atoms with Crippen molar-refractivity contribution in [3.8, 4) is 5.75 Å². The molecule has 1 aromatic carbocycles. The largest absolute Gasteiger partial charge is 0.494 e. The van der Waals surface area contributed by atoms with Crippen LogP contribution < -0.4 is 10.1 Å². The molecule has 2 fully saturated rings. The molecule has 0 atom stereocenters. The van der Waals surface area contributed by atoms with E-state index in [1.807, 2.05) is 28.0 Å². The number of methoxy groups -OCH3 is 1. The molecule has 168 valence electrons. The lowest BCUT2D eigenvalue weighted by Crippen LogP contribution is -2.43. The molecule has 1 aliphatic carbocycles. The minimum absolute atomic E-state index is 0.0273. The van der Waals surface area contributed by atoms with E-state index in [0.29, 0.717) is 57.7 Å². The second-order valence-electron chi connectivity index (χ2n) is 8.45. The van der Waals surface area contributed by atoms with Gasteiger partial charge in [0.1, 0.15) is 12.3 Å². The first kappa shape index (κ1) is 21.6. The smallest absolute Gasteiger partial charge is 0.246 e. The molecule has 31 heavy (non-hydrogen) atoms. The molecule has 1 saturated heterocycles. The number of nitrogens with one attached hydrogen (secondary N) is 1. The number of guanidine groups is 1. The second kappa shape index (κ2) is 10.1. The first-order chi connectivity index (χ1) is 15.1. The van der Waals surface area contributed by atoms with Gasteiger partial charge in [0.05, 0.1) is 18.9 Å². The first-order valence-corrected chi connectivity index (χ1v) is 11.3. The van der Waals surface area contributed by atoms with Crippen molar-refractivity contribution in [2.75, 3.05) is 33.4 Å². The highest BCUT2D eigenvalue weighted by molar-refractivity contribution is 6.05. The van der Waals surface area contributed by atoms with Gasteiger partial charge in [-0.15, -0.1) is 0 Å². The SMILES string of the molecule is COCCN(C(=O)CCCOc1ccc2c(c1)CN1CC(=O)NC1=N2)C1CCCCC1. The number of amides is 2. The van der Waals surface area contributed by atoms with E-state index in [2.05, 4.69) is 10.3 Å². The highest BCUT2D eigenvalue weighted by Gasteiger charge is 2.29. The highest BCUT2D eigenvalue weighted by Crippen LogP contribution is 2.30. The van der Waals surface area contributed by atoms with Crippen LogP contribution in [-0.4, -0.2) is 67.0 Å². The Morgan fingerprint density at radius 3 is 2.87 bits per heavy atom. The molecule has 0 bridgehead atoms. The van der Waals surface area contributed by atoms with Crippen LogP contribution in [0.25, 0.3) is 0 Å². The number of hydrogen-bond donors (Lipinski definition) is 1. The third kappa shape index (κ3) is 5.36. The molecular formula is C23H32N4O4. The van der Waals surface area contributed by atoms with Gasteiger partial charge in [-0.05, 0) is 37.5 Å². The van der Waals surface area contributed by atoms with Gasteiger partial charge >= 0.3 is 0 Å². The molecule has 2 heterocycles. The maximum Gasteiger partial charge on any atom is 0.246 e. The standard InChI is InChI=1S/C23H32N4O4/c1-30-13-11-27(18-6-3-2-4-7-18)22(29)8-5-12-31-19-9-10-20-17(14-19)15-26-16-21(28)25-23(26)24-20/h9-10,14,18H,2-8,11-13,15-16H2,1H3,(H,24,25,28). The van der Waals surface area contributed by atoms with E-state index >= 15 is 0 Å². The van der Waals surface area contributed by atoms with Gasteiger partial charge in [-0.1, -0.05) is 19.3 Å². The van der Waals surface area contributed by atoms with Gasteiger partial charge in [-0.25, -0.2) is 4.99 Å². The van der Waals surface area contributed by atoms with Crippen molar-refractivity contribution in [3.05, 3.63) is 23.8 Å². The molecular weight excluding hydrogens is 396 g/mol. The van der Waals surface area contributed by atoms with Crippen LogP contribution in [0.15, 0.2) is 23.2 Å². The van der Waals surface area contributed by atoms with Gasteiger partial charge in [-0.3, -0.25) is 14.9 Å². The zero-order chi connectivity index (χ0) is 21.6. The normalized spacial score (nSPS) is 18.2. The molecule has 2 amide bonds. The maximum atomic E-state index is 12.8. The van der Waals surface area contributed by atoms with Crippen LogP contribution in [0.5, 0.6) is 5.75 Å². The van der Waals surface area contributed by atoms with E-state index in [1.165, 1.54) is 19.3 Å². The Balaban J connectivity index is 1.26. The predicted molar refractivity (Wildman–Crippen MR) is 117 cm³/mol. The summed E-state index contributed by atoms with van der Waals surface area (Å²) in [5.74, 6) is 1.57. The van der Waals surface area contributed by atoms with Gasteiger partial charge in [0, 0.05) is 38.2 Å². The number of benzene rings is 1. The molecule has 0 radical (unpaired) electrons. The summed E-state index contributed by atoms with van der Waals surface area (Å²) in [4.78, 5) is 32.9. The lowest BCUT2D eigenvalue weighted by molar-refractivity contribution is -0.135. The van der Waals surface area contributed by atoms with E-state index in [0.717, 1.165) is 29.8 Å². The number of hydrogen-bond acceptors (Lipinski definition) is 6. The van der Waals surface area contributed by atoms with E-state index in [4.69, 9.17) is 9.47 Å². The number of nitrogens with zero attached hydrogens (tertiary/aromatic N) is 3. The molecule has 8 heteroatoms. The number of rotatable bonds is 9. The maximum absolute atomic E-state index is 12.8. The van der Waals surface area contributed by atoms with Gasteiger partial charge in [0.2, 0.25) is 17.8 Å². The summed E-state index contributed by atoms with van der Waals surface area (Å²) in [6, 6.07) is 6.15. The van der Waals surface area contributed by atoms with Crippen LogP contribution in [0.3, 0.4) is 0 Å². The lowest BCUT2D eigenvalue weighted by Gasteiger charge is -2.34. The number of carbonyl (C=O) groups is 2. The van der Waals surface area contributed by atoms with Crippen molar-refractivity contribution >= 4 is 23.5 Å². The van der Waals surface area contributed by atoms with Crippen molar-refractivity contribution < 1.29 is 19.1 Å². The van der Waals surface area contributed by atoms with Crippen molar-refractivity contribution in [1.82, 2.24) is 15.1 Å². The minimum atomic E-state index is -0.0273. The second-order valence-corrected chi connectivity index (χ2v) is 8.45. The molecule has 0 unspecified atom stereocenters. The van der Waals surface area contributed by atoms with Crippen LogP contribution in [0.2, 0.25) is 0 Å². The van der Waals surface area contributed by atoms with Gasteiger partial charge in [0.25, 0.3) is 0 Å². The van der Waals surface area contributed by atoms with E-state index in [9.17, 15) is 9.59 Å². The van der Waals surface area contributed by atoms with Crippen LogP contribution in [-0.2, 0) is 20.9 Å². The summed E-state index contributed by atoms with van der Waals surface area (Å²) < 4.78 is 11.1. The Labute approximate surface area is 183 Å². The molecule has 0 spiro atoms. The zero-order valence-electron chi connectivity index (χ0n) is 18.3. The zero-order valence-corrected chi connectivity index (χ0v) is 18.3. The minimum Gasteiger partial charge on any atom is -0.494 e. The van der Waals surface area contributed by atoms with Crippen molar-refractivity contribution in [2.24, 2.45) is 4.99 Å². The average molecular weight is 429 g/mol. The van der Waals surface area contributed by atoms with Crippen molar-refractivity contribution in [3.63, 3.8) is 0 Å². The topological polar surface area (TPSA) is 83.5 Å². The molecule has 0 aromatic heterocycles. The third-order valence-corrected chi connectivity index (χ3v) is 6.20. The Morgan fingerprint density at radius 2 is 2.06 bits per heavy atom. The Bertz CT molecular complexity index is 835. The average Bonchev–Trinajstić information content (AvgIpc) is 3.14. The van der Waals surface area contributed by atoms with Crippen LogP contribution in [0, 0.1) is 0 Å². The van der Waals surface area contributed by atoms with Gasteiger partial charge in [0.15, 0.2) is 0 Å². The fourth-order valence-electron chi connectivity index (χ4n) is 4.58. The monoisotopic (exact) mass is 428 g/mol. The molecule has 2 aliphatic heterocycles. The molecule has 3 aliphatic rings. The van der Waals surface area contributed by atoms with Gasteiger partial charge < -0.3 is 19.3 Å². The quantitative estimate of drug-likeness (QED) is 0.611. The molecule has 1 aromatic rings. The first-order valence-electron chi connectivity index (χ1n) is 11.3. The highest BCUT2D eigenvalue weighted by atomic mass is 16.5. The van der Waals surface area contributed by atoms with Gasteiger partial charge in [-0.2, -0.15) is 0 Å². The number of ether oxygens (including phenoxy) is 2. The lowest BCUT2D eigenvalue weighted by atomic mass is 9.94. The molecule has 8 nitrogen and oxygen atoms in total. The number of carbonyl (C=O) groups excluding carboxylic acids is 2. The van der Waals surface area contributed by atoms with E-state index < -0.39 is 0 Å². The molecule has 1 saturated carbocycles. The van der Waals surface area contributed by atoms with Crippen LogP contribution in [0.4, 0.5) is 5.69 Å². The summed E-state index contributed by atoms with van der Waals surface area (Å²) in [7, 11) is 1.68. The summed E-state index contributed by atoms with van der Waals surface area (Å²) in [5, 5.41) is 2.77.